The molecule has 8 aromatic carbocycles. The molecule has 53 heavy (non-hydrogen) atoms. The van der Waals surface area contributed by atoms with E-state index in [2.05, 4.69) is 167 Å². The van der Waals surface area contributed by atoms with Gasteiger partial charge in [-0.05, 0) is 57.9 Å². The minimum atomic E-state index is 0.731. The van der Waals surface area contributed by atoms with Gasteiger partial charge in [0.15, 0.2) is 11.6 Å². The van der Waals surface area contributed by atoms with E-state index in [-0.39, 0.29) is 0 Å². The zero-order valence-corrected chi connectivity index (χ0v) is 29.0. The quantitative estimate of drug-likeness (QED) is 0.181. The molecule has 4 nitrogen and oxygen atoms in total. The molecule has 5 aromatic heterocycles. The Kier molecular flexibility index (Phi) is 5.22. The number of thiophene rings is 1. The highest BCUT2D eigenvalue weighted by atomic mass is 32.1. The van der Waals surface area contributed by atoms with Crippen molar-refractivity contribution in [1.82, 2.24) is 18.9 Å². The number of para-hydroxylation sites is 2. The van der Waals surface area contributed by atoms with Gasteiger partial charge in [0.1, 0.15) is 4.83 Å². The highest BCUT2D eigenvalue weighted by Gasteiger charge is 2.27. The minimum Gasteiger partial charge on any atom is -0.308 e. The van der Waals surface area contributed by atoms with Crippen molar-refractivity contribution in [3.05, 3.63) is 158 Å². The van der Waals surface area contributed by atoms with E-state index in [4.69, 9.17) is 9.97 Å². The van der Waals surface area contributed by atoms with Crippen molar-refractivity contribution in [3.8, 4) is 17.2 Å². The maximum Gasteiger partial charge on any atom is 0.163 e. The van der Waals surface area contributed by atoms with Gasteiger partial charge < -0.3 is 4.40 Å². The summed E-state index contributed by atoms with van der Waals surface area (Å²) in [6.07, 6.45) is 0. The number of rotatable bonds is 2. The van der Waals surface area contributed by atoms with Crippen molar-refractivity contribution in [1.29, 1.82) is 0 Å². The van der Waals surface area contributed by atoms with E-state index in [1.54, 1.807) is 11.3 Å². The standard InChI is InChI=1S/C48H26N4S/c1-2-13-29-25-30(22-21-27(29)11-1)46-49-47(43-34-17-7-10-20-40(34)53-48(43)50-46)52-37-19-9-6-16-33(37)42-39(52)26-35-32-15-5-8-18-36(32)51-38-24-23-28-12-3-4-14-31(28)41(38)44(42)45(35)51/h1-26H. The molecule has 0 unspecified atom stereocenters. The molecule has 0 radical (unpaired) electrons. The van der Waals surface area contributed by atoms with E-state index in [9.17, 15) is 0 Å². The molecule has 5 heterocycles. The summed E-state index contributed by atoms with van der Waals surface area (Å²) in [4.78, 5) is 11.9. The van der Waals surface area contributed by atoms with Gasteiger partial charge in [-0.2, -0.15) is 0 Å². The van der Waals surface area contributed by atoms with Crippen LogP contribution >= 0.6 is 11.3 Å². The van der Waals surface area contributed by atoms with Crippen molar-refractivity contribution >= 4 is 113 Å². The molecule has 0 atom stereocenters. The molecule has 5 heteroatoms. The zero-order chi connectivity index (χ0) is 34.4. The third-order valence-corrected chi connectivity index (χ3v) is 12.5. The first-order valence-electron chi connectivity index (χ1n) is 18.0. The highest BCUT2D eigenvalue weighted by Crippen LogP contribution is 2.49. The molecule has 0 spiro atoms. The first-order chi connectivity index (χ1) is 26.3. The van der Waals surface area contributed by atoms with E-state index >= 15 is 0 Å². The fourth-order valence-electron chi connectivity index (χ4n) is 9.23. The molecular formula is C48H26N4S. The van der Waals surface area contributed by atoms with Crippen LogP contribution in [0.2, 0.25) is 0 Å². The van der Waals surface area contributed by atoms with Gasteiger partial charge in [0.05, 0.1) is 33.0 Å². The van der Waals surface area contributed by atoms with Crippen molar-refractivity contribution in [2.24, 2.45) is 0 Å². The highest BCUT2D eigenvalue weighted by molar-refractivity contribution is 7.25. The summed E-state index contributed by atoms with van der Waals surface area (Å²) in [7, 11) is 0. The molecule has 0 saturated carbocycles. The number of hydrogen-bond acceptors (Lipinski definition) is 3. The molecule has 244 valence electrons. The van der Waals surface area contributed by atoms with Crippen LogP contribution in [0, 0.1) is 0 Å². The monoisotopic (exact) mass is 690 g/mol. The first kappa shape index (κ1) is 27.8. The molecule has 13 rings (SSSR count). The molecule has 0 N–H and O–H groups in total. The first-order valence-corrected chi connectivity index (χ1v) is 18.8. The molecule has 0 aliphatic heterocycles. The number of fused-ring (bicyclic) bond motifs is 16. The van der Waals surface area contributed by atoms with Gasteiger partial charge in [0.2, 0.25) is 0 Å². The lowest BCUT2D eigenvalue weighted by molar-refractivity contribution is 1.08. The number of benzene rings is 8. The fourth-order valence-corrected chi connectivity index (χ4v) is 10.3. The third kappa shape index (κ3) is 3.54. The van der Waals surface area contributed by atoms with Crippen LogP contribution < -0.4 is 0 Å². The molecule has 0 aliphatic rings. The van der Waals surface area contributed by atoms with Crippen LogP contribution in [0.3, 0.4) is 0 Å². The molecule has 0 amide bonds. The Labute approximate surface area is 305 Å². The predicted molar refractivity (Wildman–Crippen MR) is 224 cm³/mol. The van der Waals surface area contributed by atoms with E-state index in [1.807, 2.05) is 0 Å². The Morgan fingerprint density at radius 1 is 0.415 bits per heavy atom. The summed E-state index contributed by atoms with van der Waals surface area (Å²) >= 11 is 1.74. The van der Waals surface area contributed by atoms with Crippen LogP contribution in [0.25, 0.3) is 119 Å². The topological polar surface area (TPSA) is 35.1 Å². The Morgan fingerprint density at radius 2 is 1.09 bits per heavy atom. The molecule has 0 bridgehead atoms. The summed E-state index contributed by atoms with van der Waals surface area (Å²) in [6.45, 7) is 0. The van der Waals surface area contributed by atoms with E-state index in [0.717, 1.165) is 38.5 Å². The summed E-state index contributed by atoms with van der Waals surface area (Å²) in [5.41, 5.74) is 7.04. The Balaban J connectivity index is 1.27. The summed E-state index contributed by atoms with van der Waals surface area (Å²) in [5.74, 6) is 1.64. The van der Waals surface area contributed by atoms with Crippen LogP contribution in [0.15, 0.2) is 158 Å². The van der Waals surface area contributed by atoms with Crippen LogP contribution in [-0.4, -0.2) is 18.9 Å². The Hall–Kier alpha value is -6.82. The second kappa shape index (κ2) is 9.94. The van der Waals surface area contributed by atoms with Crippen molar-refractivity contribution in [3.63, 3.8) is 0 Å². The van der Waals surface area contributed by atoms with E-state index in [0.29, 0.717) is 0 Å². The third-order valence-electron chi connectivity index (χ3n) is 11.4. The minimum absolute atomic E-state index is 0.731. The van der Waals surface area contributed by atoms with Gasteiger partial charge in [0.25, 0.3) is 0 Å². The van der Waals surface area contributed by atoms with E-state index < -0.39 is 0 Å². The molecule has 13 aromatic rings. The van der Waals surface area contributed by atoms with Gasteiger partial charge in [-0.15, -0.1) is 11.3 Å². The Morgan fingerprint density at radius 3 is 1.98 bits per heavy atom. The Bertz CT molecular complexity index is 3700. The second-order valence-electron chi connectivity index (χ2n) is 14.1. The van der Waals surface area contributed by atoms with Crippen molar-refractivity contribution < 1.29 is 0 Å². The molecule has 0 aliphatic carbocycles. The van der Waals surface area contributed by atoms with Gasteiger partial charge in [-0.1, -0.05) is 121 Å². The lowest BCUT2D eigenvalue weighted by Gasteiger charge is -2.12. The summed E-state index contributed by atoms with van der Waals surface area (Å²) in [6, 6.07) is 57.3. The predicted octanol–water partition coefficient (Wildman–Crippen LogP) is 13.1. The van der Waals surface area contributed by atoms with Crippen molar-refractivity contribution in [2.75, 3.05) is 0 Å². The average molecular weight is 691 g/mol. The number of nitrogens with zero attached hydrogens (tertiary/aromatic N) is 4. The van der Waals surface area contributed by atoms with Gasteiger partial charge in [-0.25, -0.2) is 9.97 Å². The van der Waals surface area contributed by atoms with Crippen LogP contribution in [-0.2, 0) is 0 Å². The lowest BCUT2D eigenvalue weighted by Crippen LogP contribution is -2.02. The average Bonchev–Trinajstić information content (AvgIpc) is 3.95. The fraction of sp³-hybridized carbons (Fsp3) is 0. The van der Waals surface area contributed by atoms with Crippen LogP contribution in [0.5, 0.6) is 0 Å². The van der Waals surface area contributed by atoms with Crippen molar-refractivity contribution in [2.45, 2.75) is 0 Å². The maximum atomic E-state index is 5.59. The normalized spacial score (nSPS) is 12.5. The van der Waals surface area contributed by atoms with Gasteiger partial charge in [0, 0.05) is 48.0 Å². The van der Waals surface area contributed by atoms with Gasteiger partial charge >= 0.3 is 0 Å². The van der Waals surface area contributed by atoms with Crippen LogP contribution in [0.1, 0.15) is 0 Å². The SMILES string of the molecule is c1ccc2cc(-c3nc(-n4c5ccccc5c5c6c7c8ccccc8ccc7n7c8ccccc8c(cc54)c67)c4c(n3)sc3ccccc34)ccc2c1. The summed E-state index contributed by atoms with van der Waals surface area (Å²) < 4.78 is 6.14. The molecule has 0 saturated heterocycles. The second-order valence-corrected chi connectivity index (χ2v) is 15.2. The maximum absolute atomic E-state index is 5.59. The summed E-state index contributed by atoms with van der Waals surface area (Å²) in [5, 5.41) is 14.7. The zero-order valence-electron chi connectivity index (χ0n) is 28.2. The molecule has 0 fully saturated rings. The number of hydrogen-bond donors (Lipinski definition) is 0. The number of aromatic nitrogens is 4. The molecular weight excluding hydrogens is 665 g/mol. The van der Waals surface area contributed by atoms with Crippen LogP contribution in [0.4, 0.5) is 0 Å². The lowest BCUT2D eigenvalue weighted by atomic mass is 9.98. The largest absolute Gasteiger partial charge is 0.308 e. The van der Waals surface area contributed by atoms with Gasteiger partial charge in [-0.3, -0.25) is 4.57 Å². The smallest absolute Gasteiger partial charge is 0.163 e. The van der Waals surface area contributed by atoms with E-state index in [1.165, 1.54) is 80.5 Å².